The quantitative estimate of drug-likeness (QED) is 0.0605. The number of aliphatic hydroxyl groups is 4. The molecule has 0 radical (unpaired) electrons. The summed E-state index contributed by atoms with van der Waals surface area (Å²) >= 11 is 0. The molecule has 308 valence electrons. The van der Waals surface area contributed by atoms with E-state index in [4.69, 9.17) is 18.9 Å². The van der Waals surface area contributed by atoms with E-state index in [0.717, 1.165) is 22.3 Å². The summed E-state index contributed by atoms with van der Waals surface area (Å²) in [5.41, 5.74) is 3.10. The Balaban J connectivity index is 0.000000300. The molecule has 0 amide bonds. The van der Waals surface area contributed by atoms with Gasteiger partial charge in [0.1, 0.15) is 0 Å². The van der Waals surface area contributed by atoms with E-state index in [2.05, 4.69) is 0 Å². The van der Waals surface area contributed by atoms with Gasteiger partial charge in [-0.3, -0.25) is 0 Å². The number of methoxy groups -OCH3 is 4. The van der Waals surface area contributed by atoms with Crippen LogP contribution >= 0.6 is 0 Å². The van der Waals surface area contributed by atoms with Crippen LogP contribution in [0.2, 0.25) is 0 Å². The first kappa shape index (κ1) is 46.0. The molecule has 0 heterocycles. The van der Waals surface area contributed by atoms with Gasteiger partial charge in [-0.1, -0.05) is 24.3 Å². The first-order valence-electron chi connectivity index (χ1n) is 18.8. The lowest BCUT2D eigenvalue weighted by molar-refractivity contribution is 0.158. The van der Waals surface area contributed by atoms with Gasteiger partial charge in [-0.05, 0) is 146 Å². The maximum atomic E-state index is 14.0. The minimum absolute atomic E-state index is 0.00936. The van der Waals surface area contributed by atoms with Crippen molar-refractivity contribution in [3.63, 3.8) is 0 Å². The third kappa shape index (κ3) is 14.0. The van der Waals surface area contributed by atoms with Crippen molar-refractivity contribution in [1.29, 1.82) is 0 Å². The molecule has 4 rings (SSSR count). The molecule has 4 aromatic carbocycles. The SMILES string of the molecule is COc1ccc(C[C@@H](CO)[C@H](CCCO)Cc2ccc(OC)c(F)c2)cc1F.COc1ccc(C[C@H](CO)[C@@H](CCCO)Cc2ccc(OC)c(F)c2)cc1F. The molecule has 0 fully saturated rings. The average molecular weight is 789 g/mol. The van der Waals surface area contributed by atoms with E-state index >= 15 is 0 Å². The minimum atomic E-state index is -0.444. The van der Waals surface area contributed by atoms with Crippen LogP contribution in [-0.2, 0) is 25.7 Å². The lowest BCUT2D eigenvalue weighted by Crippen LogP contribution is -2.24. The number of hydrogen-bond acceptors (Lipinski definition) is 8. The fraction of sp³-hybridized carbons (Fsp3) is 0.455. The van der Waals surface area contributed by atoms with Gasteiger partial charge in [0.2, 0.25) is 0 Å². The summed E-state index contributed by atoms with van der Waals surface area (Å²) in [6, 6.07) is 19.2. The Morgan fingerprint density at radius 3 is 0.857 bits per heavy atom. The Bertz CT molecular complexity index is 1630. The van der Waals surface area contributed by atoms with E-state index in [1.807, 2.05) is 0 Å². The molecule has 0 aliphatic carbocycles. The molecule has 0 unspecified atom stereocenters. The van der Waals surface area contributed by atoms with E-state index in [1.165, 1.54) is 52.7 Å². The Morgan fingerprint density at radius 1 is 0.411 bits per heavy atom. The van der Waals surface area contributed by atoms with Gasteiger partial charge in [0.25, 0.3) is 0 Å². The fourth-order valence-corrected chi connectivity index (χ4v) is 7.03. The van der Waals surface area contributed by atoms with Gasteiger partial charge in [0, 0.05) is 26.4 Å². The number of hydrogen-bond donors (Lipinski definition) is 4. The van der Waals surface area contributed by atoms with Crippen LogP contribution in [0.1, 0.15) is 47.9 Å². The molecule has 4 atom stereocenters. The van der Waals surface area contributed by atoms with Gasteiger partial charge in [-0.2, -0.15) is 0 Å². The molecular weight excluding hydrogens is 732 g/mol. The monoisotopic (exact) mass is 788 g/mol. The van der Waals surface area contributed by atoms with Crippen LogP contribution in [0.5, 0.6) is 23.0 Å². The highest BCUT2D eigenvalue weighted by molar-refractivity contribution is 5.32. The summed E-state index contributed by atoms with van der Waals surface area (Å²) in [4.78, 5) is 0. The zero-order valence-electron chi connectivity index (χ0n) is 32.7. The number of rotatable bonds is 22. The van der Waals surface area contributed by atoms with Gasteiger partial charge >= 0.3 is 0 Å². The largest absolute Gasteiger partial charge is 0.494 e. The van der Waals surface area contributed by atoms with Crippen LogP contribution in [0.3, 0.4) is 0 Å². The lowest BCUT2D eigenvalue weighted by Gasteiger charge is -2.26. The molecule has 8 nitrogen and oxygen atoms in total. The third-order valence-corrected chi connectivity index (χ3v) is 10.1. The third-order valence-electron chi connectivity index (χ3n) is 10.1. The summed E-state index contributed by atoms with van der Waals surface area (Å²) in [5.74, 6) is -1.31. The highest BCUT2D eigenvalue weighted by Crippen LogP contribution is 2.31. The van der Waals surface area contributed by atoms with E-state index in [-0.39, 0.29) is 73.1 Å². The second-order valence-electron chi connectivity index (χ2n) is 13.8. The highest BCUT2D eigenvalue weighted by Gasteiger charge is 2.24. The van der Waals surface area contributed by atoms with Gasteiger partial charge in [-0.15, -0.1) is 0 Å². The van der Waals surface area contributed by atoms with E-state index < -0.39 is 23.3 Å². The topological polar surface area (TPSA) is 118 Å². The highest BCUT2D eigenvalue weighted by atomic mass is 19.1. The molecule has 0 saturated carbocycles. The molecule has 0 spiro atoms. The second-order valence-corrected chi connectivity index (χ2v) is 13.8. The van der Waals surface area contributed by atoms with Crippen molar-refractivity contribution < 1.29 is 56.9 Å². The predicted molar refractivity (Wildman–Crippen MR) is 207 cm³/mol. The van der Waals surface area contributed by atoms with Crippen molar-refractivity contribution in [2.24, 2.45) is 23.7 Å². The number of ether oxygens (including phenoxy) is 4. The minimum Gasteiger partial charge on any atom is -0.494 e. The molecule has 0 aromatic heterocycles. The van der Waals surface area contributed by atoms with Crippen LogP contribution < -0.4 is 18.9 Å². The molecule has 56 heavy (non-hydrogen) atoms. The van der Waals surface area contributed by atoms with Crippen LogP contribution in [-0.4, -0.2) is 75.3 Å². The molecule has 0 bridgehead atoms. The first-order valence-corrected chi connectivity index (χ1v) is 18.8. The summed E-state index contributed by atoms with van der Waals surface area (Å²) in [5, 5.41) is 38.4. The predicted octanol–water partition coefficient (Wildman–Crippen LogP) is 7.53. The zero-order chi connectivity index (χ0) is 41.0. The van der Waals surface area contributed by atoms with Crippen molar-refractivity contribution in [2.45, 2.75) is 51.4 Å². The number of aliphatic hydroxyl groups excluding tert-OH is 4. The molecular formula is C44H56F4O8. The Kier molecular flexibility index (Phi) is 20.0. The Morgan fingerprint density at radius 2 is 0.661 bits per heavy atom. The van der Waals surface area contributed by atoms with Crippen molar-refractivity contribution in [1.82, 2.24) is 0 Å². The molecule has 12 heteroatoms. The van der Waals surface area contributed by atoms with E-state index in [1.54, 1.807) is 48.5 Å². The van der Waals surface area contributed by atoms with E-state index in [0.29, 0.717) is 51.4 Å². The van der Waals surface area contributed by atoms with Crippen molar-refractivity contribution >= 4 is 0 Å². The molecule has 0 saturated heterocycles. The van der Waals surface area contributed by atoms with Gasteiger partial charge < -0.3 is 39.4 Å². The van der Waals surface area contributed by atoms with Gasteiger partial charge in [0.05, 0.1) is 28.4 Å². The average Bonchev–Trinajstić information content (AvgIpc) is 3.19. The fourth-order valence-electron chi connectivity index (χ4n) is 7.03. The smallest absolute Gasteiger partial charge is 0.165 e. The number of benzene rings is 4. The van der Waals surface area contributed by atoms with Crippen LogP contribution in [0, 0.1) is 46.9 Å². The first-order chi connectivity index (χ1) is 27.0. The number of halogens is 4. The molecule has 4 aromatic rings. The van der Waals surface area contributed by atoms with Crippen molar-refractivity contribution in [3.8, 4) is 23.0 Å². The lowest BCUT2D eigenvalue weighted by atomic mass is 9.80. The van der Waals surface area contributed by atoms with Crippen molar-refractivity contribution in [3.05, 3.63) is 118 Å². The van der Waals surface area contributed by atoms with Gasteiger partial charge in [0.15, 0.2) is 46.3 Å². The van der Waals surface area contributed by atoms with Gasteiger partial charge in [-0.25, -0.2) is 17.6 Å². The maximum absolute atomic E-state index is 14.0. The molecule has 0 aliphatic rings. The summed E-state index contributed by atoms with van der Waals surface area (Å²) in [6.07, 6.45) is 4.56. The zero-order valence-corrected chi connectivity index (χ0v) is 32.7. The second kappa shape index (κ2) is 24.3. The van der Waals surface area contributed by atoms with Crippen LogP contribution in [0.25, 0.3) is 0 Å². The molecule has 4 N–H and O–H groups in total. The van der Waals surface area contributed by atoms with Crippen molar-refractivity contribution in [2.75, 3.05) is 54.9 Å². The molecule has 0 aliphatic heterocycles. The standard InChI is InChI=1S/2C22H28F2O4/c2*1-27-21-7-5-15(12-19(21)23)10-17(4-3-9-25)18(14-26)11-16-6-8-22(28-2)20(24)13-16/h2*5-8,12-13,17-18,25-26H,3-4,9-11,14H2,1-2H3/t2*17-,18+/m10/s1. The van der Waals surface area contributed by atoms with Crippen LogP contribution in [0.4, 0.5) is 17.6 Å². The summed E-state index contributed by atoms with van der Waals surface area (Å²) in [6.45, 7) is -0.0731. The maximum Gasteiger partial charge on any atom is 0.165 e. The Labute approximate surface area is 327 Å². The van der Waals surface area contributed by atoms with E-state index in [9.17, 15) is 38.0 Å². The van der Waals surface area contributed by atoms with Crippen LogP contribution in [0.15, 0.2) is 72.8 Å². The normalized spacial score (nSPS) is 13.2. The summed E-state index contributed by atoms with van der Waals surface area (Å²) < 4.78 is 75.8. The Hall–Kier alpha value is -4.36. The summed E-state index contributed by atoms with van der Waals surface area (Å²) in [7, 11) is 5.65.